The van der Waals surface area contributed by atoms with Crippen LogP contribution in [-0.4, -0.2) is 52.9 Å². The summed E-state index contributed by atoms with van der Waals surface area (Å²) in [6, 6.07) is 13.9. The number of likely N-dealkylation sites (tertiary alicyclic amines) is 1. The van der Waals surface area contributed by atoms with Gasteiger partial charge in [-0.25, -0.2) is 0 Å². The van der Waals surface area contributed by atoms with Crippen LogP contribution in [0.1, 0.15) is 62.1 Å². The Hall–Kier alpha value is -4.02. The number of benzene rings is 2. The lowest BCUT2D eigenvalue weighted by Crippen LogP contribution is -2.43. The Bertz CT molecular complexity index is 1360. The third kappa shape index (κ3) is 6.66. The van der Waals surface area contributed by atoms with E-state index in [9.17, 15) is 24.8 Å². The Kier molecular flexibility index (Phi) is 9.25. The average molecular weight is 562 g/mol. The highest BCUT2D eigenvalue weighted by Crippen LogP contribution is 2.39. The summed E-state index contributed by atoms with van der Waals surface area (Å²) in [4.78, 5) is 39.1. The Labute approximate surface area is 240 Å². The molecule has 0 aliphatic carbocycles. The number of hydrogen-bond donors (Lipinski definition) is 4. The van der Waals surface area contributed by atoms with Crippen LogP contribution in [0.2, 0.25) is 0 Å². The van der Waals surface area contributed by atoms with Gasteiger partial charge in [0.1, 0.15) is 0 Å². The number of allylic oxidation sites excluding steroid dienone is 2. The zero-order valence-electron chi connectivity index (χ0n) is 23.9. The Morgan fingerprint density at radius 3 is 2.29 bits per heavy atom. The van der Waals surface area contributed by atoms with Gasteiger partial charge in [-0.3, -0.25) is 19.7 Å². The third-order valence-corrected chi connectivity index (χ3v) is 8.15. The molecule has 10 nitrogen and oxygen atoms in total. The molecular weight excluding hydrogens is 522 g/mol. The zero-order chi connectivity index (χ0) is 29.7. The van der Waals surface area contributed by atoms with Crippen LogP contribution in [0, 0.1) is 17.0 Å². The van der Waals surface area contributed by atoms with Crippen LogP contribution in [0.4, 0.5) is 5.69 Å². The van der Waals surface area contributed by atoms with Crippen LogP contribution in [0.25, 0.3) is 0 Å². The lowest BCUT2D eigenvalue weighted by Gasteiger charge is -2.38. The second-order valence-corrected chi connectivity index (χ2v) is 10.9. The van der Waals surface area contributed by atoms with Gasteiger partial charge in [0.05, 0.1) is 10.5 Å². The van der Waals surface area contributed by atoms with Crippen molar-refractivity contribution in [3.63, 3.8) is 0 Å². The predicted molar refractivity (Wildman–Crippen MR) is 157 cm³/mol. The van der Waals surface area contributed by atoms with Crippen LogP contribution in [0.5, 0.6) is 0 Å². The van der Waals surface area contributed by atoms with E-state index in [1.54, 1.807) is 19.1 Å². The Morgan fingerprint density at radius 2 is 1.73 bits per heavy atom. The van der Waals surface area contributed by atoms with E-state index >= 15 is 0 Å². The number of hydrogen-bond acceptors (Lipinski definition) is 7. The second kappa shape index (κ2) is 12.7. The SMILES string of the molecule is CCC1=C(C(=O)NCCCN2CCC(O)(c3ccc(C)cc3)CC2)C(c2ccc([N+](=O)[O-])cc2)C(C(N)=O)=C(C)N1. The van der Waals surface area contributed by atoms with Gasteiger partial charge < -0.3 is 26.4 Å². The maximum absolute atomic E-state index is 13.6. The number of aryl methyl sites for hydroxylation is 1. The van der Waals surface area contributed by atoms with E-state index in [0.717, 1.165) is 31.6 Å². The van der Waals surface area contributed by atoms with Crippen molar-refractivity contribution in [2.24, 2.45) is 5.73 Å². The molecule has 0 saturated carbocycles. The van der Waals surface area contributed by atoms with Crippen molar-refractivity contribution < 1.29 is 19.6 Å². The molecule has 1 saturated heterocycles. The Morgan fingerprint density at radius 1 is 1.10 bits per heavy atom. The first-order valence-corrected chi connectivity index (χ1v) is 14.1. The normalized spacial score (nSPS) is 19.1. The lowest BCUT2D eigenvalue weighted by atomic mass is 9.79. The first-order valence-electron chi connectivity index (χ1n) is 14.1. The molecule has 0 aromatic heterocycles. The third-order valence-electron chi connectivity index (χ3n) is 8.15. The zero-order valence-corrected chi connectivity index (χ0v) is 23.9. The summed E-state index contributed by atoms with van der Waals surface area (Å²) in [6.07, 6.45) is 2.54. The quantitative estimate of drug-likeness (QED) is 0.197. The Balaban J connectivity index is 1.40. The fourth-order valence-electron chi connectivity index (χ4n) is 5.79. The molecule has 1 atom stereocenters. The minimum atomic E-state index is -0.813. The molecule has 1 fully saturated rings. The molecule has 2 aliphatic rings. The van der Waals surface area contributed by atoms with Crippen molar-refractivity contribution in [1.82, 2.24) is 15.5 Å². The number of rotatable bonds is 10. The van der Waals surface area contributed by atoms with E-state index in [-0.39, 0.29) is 17.2 Å². The maximum atomic E-state index is 13.6. The highest BCUT2D eigenvalue weighted by Gasteiger charge is 2.37. The molecule has 1 unspecified atom stereocenters. The van der Waals surface area contributed by atoms with Gasteiger partial charge in [0, 0.05) is 60.2 Å². The number of nitrogens with two attached hydrogens (primary N) is 1. The van der Waals surface area contributed by atoms with Gasteiger partial charge in [-0.05, 0) is 57.2 Å². The molecule has 0 radical (unpaired) electrons. The number of nitro groups is 1. The summed E-state index contributed by atoms with van der Waals surface area (Å²) in [6.45, 7) is 8.42. The van der Waals surface area contributed by atoms with Gasteiger partial charge in [-0.1, -0.05) is 48.9 Å². The average Bonchev–Trinajstić information content (AvgIpc) is 2.95. The minimum Gasteiger partial charge on any atom is -0.385 e. The molecule has 2 aromatic carbocycles. The van der Waals surface area contributed by atoms with E-state index < -0.39 is 22.3 Å². The lowest BCUT2D eigenvalue weighted by molar-refractivity contribution is -0.384. The first kappa shape index (κ1) is 30.0. The number of nitro benzene ring substituents is 1. The fraction of sp³-hybridized carbons (Fsp3) is 0.419. The number of piperidine rings is 1. The van der Waals surface area contributed by atoms with Gasteiger partial charge in [-0.2, -0.15) is 0 Å². The van der Waals surface area contributed by atoms with Gasteiger partial charge in [0.2, 0.25) is 11.8 Å². The van der Waals surface area contributed by atoms with Crippen molar-refractivity contribution >= 4 is 17.5 Å². The van der Waals surface area contributed by atoms with Gasteiger partial charge in [0.15, 0.2) is 0 Å². The number of nitrogens with one attached hydrogen (secondary N) is 2. The van der Waals surface area contributed by atoms with Crippen LogP contribution in [-0.2, 0) is 15.2 Å². The molecule has 41 heavy (non-hydrogen) atoms. The number of dihydropyridines is 1. The molecule has 0 spiro atoms. The molecule has 2 heterocycles. The van der Waals surface area contributed by atoms with E-state index in [1.807, 2.05) is 38.1 Å². The molecule has 2 aromatic rings. The second-order valence-electron chi connectivity index (χ2n) is 10.9. The van der Waals surface area contributed by atoms with E-state index in [4.69, 9.17) is 5.73 Å². The maximum Gasteiger partial charge on any atom is 0.269 e. The molecular formula is C31H39N5O5. The first-order chi connectivity index (χ1) is 19.5. The highest BCUT2D eigenvalue weighted by atomic mass is 16.6. The van der Waals surface area contributed by atoms with Crippen molar-refractivity contribution in [2.75, 3.05) is 26.2 Å². The molecule has 218 valence electrons. The fourth-order valence-corrected chi connectivity index (χ4v) is 5.79. The summed E-state index contributed by atoms with van der Waals surface area (Å²) in [5.41, 5.74) is 9.46. The summed E-state index contributed by atoms with van der Waals surface area (Å²) in [5.74, 6) is -1.71. The smallest absolute Gasteiger partial charge is 0.269 e. The number of primary amides is 1. The molecule has 4 rings (SSSR count). The van der Waals surface area contributed by atoms with Crippen molar-refractivity contribution in [1.29, 1.82) is 0 Å². The molecule has 10 heteroatoms. The number of aliphatic hydroxyl groups is 1. The molecule has 0 bridgehead atoms. The van der Waals surface area contributed by atoms with Crippen LogP contribution >= 0.6 is 0 Å². The highest BCUT2D eigenvalue weighted by molar-refractivity contribution is 6.03. The van der Waals surface area contributed by atoms with Crippen LogP contribution in [0.15, 0.2) is 71.1 Å². The summed E-state index contributed by atoms with van der Waals surface area (Å²) >= 11 is 0. The molecule has 2 amide bonds. The minimum absolute atomic E-state index is 0.0790. The van der Waals surface area contributed by atoms with Crippen molar-refractivity contribution in [3.05, 3.63) is 97.9 Å². The predicted octanol–water partition coefficient (Wildman–Crippen LogP) is 3.50. The van der Waals surface area contributed by atoms with E-state index in [0.29, 0.717) is 48.3 Å². The van der Waals surface area contributed by atoms with Gasteiger partial charge in [-0.15, -0.1) is 0 Å². The standard InChI is InChI=1S/C31H39N5O5/c1-4-25-28(27(26(29(32)37)21(3)34-25)22-8-12-24(13-9-22)36(40)41)30(38)33-16-5-17-35-18-14-31(39,15-19-35)23-10-6-20(2)7-11-23/h6-13,27,34,39H,4-5,14-19H2,1-3H3,(H2,32,37)(H,33,38). The van der Waals surface area contributed by atoms with Crippen molar-refractivity contribution in [2.45, 2.75) is 58.0 Å². The van der Waals surface area contributed by atoms with Gasteiger partial charge in [0.25, 0.3) is 5.69 Å². The number of non-ortho nitro benzene ring substituents is 1. The largest absolute Gasteiger partial charge is 0.385 e. The van der Waals surface area contributed by atoms with Gasteiger partial charge >= 0.3 is 0 Å². The monoisotopic (exact) mass is 561 g/mol. The summed E-state index contributed by atoms with van der Waals surface area (Å²) in [7, 11) is 0. The topological polar surface area (TPSA) is 151 Å². The van der Waals surface area contributed by atoms with Crippen molar-refractivity contribution in [3.8, 4) is 0 Å². The van der Waals surface area contributed by atoms with E-state index in [2.05, 4.69) is 15.5 Å². The summed E-state index contributed by atoms with van der Waals surface area (Å²) in [5, 5.41) is 28.5. The number of carbonyl (C=O) groups excluding carboxylic acids is 2. The van der Waals surface area contributed by atoms with Crippen LogP contribution < -0.4 is 16.4 Å². The molecule has 5 N–H and O–H groups in total. The molecule has 2 aliphatic heterocycles. The number of carbonyl (C=O) groups is 2. The number of amides is 2. The van der Waals surface area contributed by atoms with E-state index in [1.165, 1.54) is 17.7 Å². The summed E-state index contributed by atoms with van der Waals surface area (Å²) < 4.78 is 0. The van der Waals surface area contributed by atoms with Crippen LogP contribution in [0.3, 0.4) is 0 Å². The number of nitrogens with zero attached hydrogens (tertiary/aromatic N) is 2.